The third-order valence-corrected chi connectivity index (χ3v) is 6.13. The Morgan fingerprint density at radius 2 is 2.15 bits per heavy atom. The largest absolute Gasteiger partial charge is 0.371 e. The minimum atomic E-state index is -0.107. The average molecular weight is 378 g/mol. The van der Waals surface area contributed by atoms with E-state index in [1.165, 1.54) is 4.68 Å². The summed E-state index contributed by atoms with van der Waals surface area (Å²) in [6.07, 6.45) is 3.11. The topological polar surface area (TPSA) is 71.2 Å². The van der Waals surface area contributed by atoms with Crippen molar-refractivity contribution in [2.24, 2.45) is 5.92 Å². The Morgan fingerprint density at radius 1 is 1.31 bits per heavy atom. The zero-order valence-corrected chi connectivity index (χ0v) is 16.4. The number of aromatic nitrogens is 4. The summed E-state index contributed by atoms with van der Waals surface area (Å²) in [4.78, 5) is 17.6. The Hall–Kier alpha value is -1.51. The lowest BCUT2D eigenvalue weighted by molar-refractivity contribution is 0.0825. The highest BCUT2D eigenvalue weighted by atomic mass is 32.1. The summed E-state index contributed by atoms with van der Waals surface area (Å²) in [6.45, 7) is 8.09. The zero-order chi connectivity index (χ0) is 18.3. The molecule has 4 rings (SSSR count). The lowest BCUT2D eigenvalue weighted by Crippen LogP contribution is -2.28. The molecule has 0 unspecified atom stereocenters. The van der Waals surface area contributed by atoms with E-state index in [9.17, 15) is 4.79 Å². The molecule has 26 heavy (non-hydrogen) atoms. The van der Waals surface area contributed by atoms with Crippen LogP contribution >= 0.6 is 11.3 Å². The maximum Gasteiger partial charge on any atom is 0.346 e. The molecule has 4 heterocycles. The van der Waals surface area contributed by atoms with Crippen LogP contribution in [-0.4, -0.2) is 32.5 Å². The van der Waals surface area contributed by atoms with E-state index in [1.807, 2.05) is 19.2 Å². The molecule has 0 bridgehead atoms. The second-order valence-corrected chi connectivity index (χ2v) is 8.39. The van der Waals surface area contributed by atoms with Gasteiger partial charge in [0.05, 0.1) is 12.2 Å². The van der Waals surface area contributed by atoms with E-state index in [1.54, 1.807) is 15.9 Å². The van der Waals surface area contributed by atoms with Crippen molar-refractivity contribution in [2.75, 3.05) is 13.2 Å². The molecule has 2 aromatic heterocycles. The van der Waals surface area contributed by atoms with Gasteiger partial charge in [0.15, 0.2) is 5.82 Å². The molecule has 0 aliphatic carbocycles. The molecule has 2 fully saturated rings. The first kappa shape index (κ1) is 17.9. The van der Waals surface area contributed by atoms with Crippen molar-refractivity contribution in [3.63, 3.8) is 0 Å². The second-order valence-electron chi connectivity index (χ2n) is 7.50. The summed E-state index contributed by atoms with van der Waals surface area (Å²) in [5.41, 5.74) is 0.771. The highest BCUT2D eigenvalue weighted by Crippen LogP contribution is 2.34. The van der Waals surface area contributed by atoms with Crippen LogP contribution in [0.4, 0.5) is 0 Å². The molecule has 2 aliphatic rings. The average Bonchev–Trinajstić information content (AvgIpc) is 3.36. The molecule has 0 N–H and O–H groups in total. The van der Waals surface area contributed by atoms with Crippen molar-refractivity contribution in [2.45, 2.75) is 64.8 Å². The predicted molar refractivity (Wildman–Crippen MR) is 98.5 cm³/mol. The van der Waals surface area contributed by atoms with Crippen molar-refractivity contribution >= 4 is 11.3 Å². The highest BCUT2D eigenvalue weighted by Gasteiger charge is 2.32. The monoisotopic (exact) mass is 378 g/mol. The van der Waals surface area contributed by atoms with Gasteiger partial charge >= 0.3 is 5.69 Å². The molecule has 0 aromatic carbocycles. The lowest BCUT2D eigenvalue weighted by atomic mass is 10.0. The van der Waals surface area contributed by atoms with E-state index in [0.29, 0.717) is 12.5 Å². The van der Waals surface area contributed by atoms with Crippen molar-refractivity contribution in [3.8, 4) is 0 Å². The van der Waals surface area contributed by atoms with Crippen LogP contribution in [0.15, 0.2) is 10.2 Å². The molecule has 142 valence electrons. The standard InChI is InChI=1S/C18H26N4O3S/c1-11(2)22-16(15-12(3)6-8-25-15)20-21(18(22)23)9-13-10-26-17(19-13)14-5-4-7-24-14/h10-12,14-15H,4-9H2,1-3H3/t12-,14+,15+/m1/s1. The molecule has 8 heteroatoms. The van der Waals surface area contributed by atoms with Crippen LogP contribution in [-0.2, 0) is 16.0 Å². The van der Waals surface area contributed by atoms with E-state index in [4.69, 9.17) is 9.47 Å². The fraction of sp³-hybridized carbons (Fsp3) is 0.722. The molecule has 7 nitrogen and oxygen atoms in total. The van der Waals surface area contributed by atoms with Gasteiger partial charge in [-0.15, -0.1) is 11.3 Å². The second kappa shape index (κ2) is 7.25. The molecule has 2 aromatic rings. The van der Waals surface area contributed by atoms with Crippen LogP contribution in [0.1, 0.15) is 74.8 Å². The van der Waals surface area contributed by atoms with E-state index in [-0.39, 0.29) is 23.9 Å². The fourth-order valence-electron chi connectivity index (χ4n) is 3.71. The number of hydrogen-bond donors (Lipinski definition) is 0. The molecule has 2 aliphatic heterocycles. The maximum atomic E-state index is 12.9. The Kier molecular flexibility index (Phi) is 4.98. The number of rotatable bonds is 5. The van der Waals surface area contributed by atoms with Crippen LogP contribution in [0, 0.1) is 5.92 Å². The van der Waals surface area contributed by atoms with Crippen molar-refractivity contribution in [1.82, 2.24) is 19.3 Å². The van der Waals surface area contributed by atoms with Gasteiger partial charge in [-0.2, -0.15) is 5.10 Å². The van der Waals surface area contributed by atoms with Crippen LogP contribution in [0.2, 0.25) is 0 Å². The van der Waals surface area contributed by atoms with Gasteiger partial charge in [0.25, 0.3) is 0 Å². The van der Waals surface area contributed by atoms with Crippen molar-refractivity contribution < 1.29 is 9.47 Å². The van der Waals surface area contributed by atoms with Gasteiger partial charge in [-0.1, -0.05) is 6.92 Å². The normalized spacial score (nSPS) is 26.2. The van der Waals surface area contributed by atoms with Crippen LogP contribution in [0.25, 0.3) is 0 Å². The summed E-state index contributed by atoms with van der Waals surface area (Å²) < 4.78 is 14.9. The summed E-state index contributed by atoms with van der Waals surface area (Å²) in [5.74, 6) is 1.11. The van der Waals surface area contributed by atoms with E-state index >= 15 is 0 Å². The third kappa shape index (κ3) is 3.25. The van der Waals surface area contributed by atoms with Gasteiger partial charge in [0.1, 0.15) is 17.2 Å². The zero-order valence-electron chi connectivity index (χ0n) is 15.6. The van der Waals surface area contributed by atoms with E-state index in [2.05, 4.69) is 17.0 Å². The Bertz CT molecular complexity index is 819. The van der Waals surface area contributed by atoms with Gasteiger partial charge in [0.2, 0.25) is 0 Å². The quantitative estimate of drug-likeness (QED) is 0.800. The lowest BCUT2D eigenvalue weighted by Gasteiger charge is -2.16. The van der Waals surface area contributed by atoms with E-state index < -0.39 is 0 Å². The number of thiazole rings is 1. The summed E-state index contributed by atoms with van der Waals surface area (Å²) in [6, 6.07) is 0.0422. The van der Waals surface area contributed by atoms with Crippen LogP contribution in [0.5, 0.6) is 0 Å². The summed E-state index contributed by atoms with van der Waals surface area (Å²) in [7, 11) is 0. The first-order valence-corrected chi connectivity index (χ1v) is 10.3. The third-order valence-electron chi connectivity index (χ3n) is 5.14. The molecule has 3 atom stereocenters. The number of ether oxygens (including phenoxy) is 2. The predicted octanol–water partition coefficient (Wildman–Crippen LogP) is 3.08. The maximum absolute atomic E-state index is 12.9. The fourth-order valence-corrected chi connectivity index (χ4v) is 4.61. The van der Waals surface area contributed by atoms with Crippen molar-refractivity contribution in [3.05, 3.63) is 32.4 Å². The first-order valence-electron chi connectivity index (χ1n) is 9.41. The van der Waals surface area contributed by atoms with Gasteiger partial charge in [-0.25, -0.2) is 14.5 Å². The minimum absolute atomic E-state index is 0.0422. The summed E-state index contributed by atoms with van der Waals surface area (Å²) in [5, 5.41) is 7.65. The SMILES string of the molecule is CC(C)n1c([C@H]2OCC[C@H]2C)nn(Cc2csc([C@@H]3CCCO3)n2)c1=O. The Morgan fingerprint density at radius 3 is 2.81 bits per heavy atom. The van der Waals surface area contributed by atoms with Gasteiger partial charge in [-0.3, -0.25) is 4.57 Å². The molecule has 2 saturated heterocycles. The molecule has 0 spiro atoms. The molecule has 0 amide bonds. The van der Waals surface area contributed by atoms with Crippen molar-refractivity contribution in [1.29, 1.82) is 0 Å². The minimum Gasteiger partial charge on any atom is -0.371 e. The van der Waals surface area contributed by atoms with Gasteiger partial charge in [-0.05, 0) is 39.0 Å². The molecule has 0 saturated carbocycles. The smallest absolute Gasteiger partial charge is 0.346 e. The molecular weight excluding hydrogens is 352 g/mol. The first-order chi connectivity index (χ1) is 12.5. The van der Waals surface area contributed by atoms with Gasteiger partial charge in [0, 0.05) is 24.6 Å². The Labute approximate surface area is 157 Å². The molecular formula is C18H26N4O3S. The number of nitrogens with zero attached hydrogens (tertiary/aromatic N) is 4. The molecule has 0 radical (unpaired) electrons. The van der Waals surface area contributed by atoms with Crippen LogP contribution < -0.4 is 5.69 Å². The van der Waals surface area contributed by atoms with Crippen LogP contribution in [0.3, 0.4) is 0 Å². The number of hydrogen-bond acceptors (Lipinski definition) is 6. The Balaban J connectivity index is 1.61. The van der Waals surface area contributed by atoms with E-state index in [0.717, 1.165) is 49.0 Å². The summed E-state index contributed by atoms with van der Waals surface area (Å²) >= 11 is 1.60. The highest BCUT2D eigenvalue weighted by molar-refractivity contribution is 7.09. The van der Waals surface area contributed by atoms with Gasteiger partial charge < -0.3 is 9.47 Å².